The van der Waals surface area contributed by atoms with Crippen LogP contribution in [0, 0.1) is 0 Å². The molecule has 1 aromatic heterocycles. The summed E-state index contributed by atoms with van der Waals surface area (Å²) in [6.45, 7) is 2.12. The molecule has 0 fully saturated rings. The Labute approximate surface area is 116 Å². The fourth-order valence-corrected chi connectivity index (χ4v) is 2.21. The van der Waals surface area contributed by atoms with E-state index in [1.165, 1.54) is 17.3 Å². The molecule has 5 heteroatoms. The number of carbonyl (C=O) groups excluding carboxylic acids is 1. The molecule has 0 aliphatic heterocycles. The summed E-state index contributed by atoms with van der Waals surface area (Å²) in [6, 6.07) is 10.0. The van der Waals surface area contributed by atoms with Gasteiger partial charge in [-0.25, -0.2) is 14.8 Å². The van der Waals surface area contributed by atoms with Crippen LogP contribution < -0.4 is 0 Å². The molecule has 0 saturated carbocycles. The molecule has 0 N–H and O–H groups in total. The van der Waals surface area contributed by atoms with Crippen LogP contribution in [0.2, 0.25) is 0 Å². The molecule has 2 rings (SSSR count). The lowest BCUT2D eigenvalue weighted by molar-refractivity contribution is 0.0525. The first kappa shape index (κ1) is 13.5. The van der Waals surface area contributed by atoms with Crippen LogP contribution >= 0.6 is 11.8 Å². The maximum absolute atomic E-state index is 11.4. The highest BCUT2D eigenvalue weighted by Crippen LogP contribution is 2.20. The van der Waals surface area contributed by atoms with Crippen LogP contribution in [-0.4, -0.2) is 22.5 Å². The molecular formula is C14H14N2O2S. The van der Waals surface area contributed by atoms with Gasteiger partial charge in [0.1, 0.15) is 5.82 Å². The fourth-order valence-electron chi connectivity index (χ4n) is 1.41. The van der Waals surface area contributed by atoms with Gasteiger partial charge < -0.3 is 4.74 Å². The van der Waals surface area contributed by atoms with Gasteiger partial charge in [-0.05, 0) is 19.1 Å². The second-order valence-electron chi connectivity index (χ2n) is 3.71. The summed E-state index contributed by atoms with van der Waals surface area (Å²) in [5.74, 6) is 0.985. The third kappa shape index (κ3) is 4.06. The van der Waals surface area contributed by atoms with Crippen LogP contribution in [0.4, 0.5) is 0 Å². The predicted octanol–water partition coefficient (Wildman–Crippen LogP) is 2.95. The largest absolute Gasteiger partial charge is 0.462 e. The van der Waals surface area contributed by atoms with Crippen molar-refractivity contribution >= 4 is 17.7 Å². The highest BCUT2D eigenvalue weighted by atomic mass is 32.2. The second kappa shape index (κ2) is 6.89. The zero-order chi connectivity index (χ0) is 13.5. The molecule has 0 radical (unpaired) electrons. The van der Waals surface area contributed by atoms with Crippen molar-refractivity contribution in [1.82, 2.24) is 9.97 Å². The van der Waals surface area contributed by atoms with Crippen LogP contribution in [0.5, 0.6) is 0 Å². The van der Waals surface area contributed by atoms with E-state index in [1.807, 2.05) is 30.3 Å². The monoisotopic (exact) mass is 274 g/mol. The molecule has 1 heterocycles. The molecule has 0 aliphatic carbocycles. The van der Waals surface area contributed by atoms with Gasteiger partial charge >= 0.3 is 5.97 Å². The average Bonchev–Trinajstić information content (AvgIpc) is 2.47. The van der Waals surface area contributed by atoms with Crippen molar-refractivity contribution in [2.24, 2.45) is 0 Å². The zero-order valence-corrected chi connectivity index (χ0v) is 11.4. The summed E-state index contributed by atoms with van der Waals surface area (Å²) in [7, 11) is 0. The highest BCUT2D eigenvalue weighted by Gasteiger charge is 2.07. The van der Waals surface area contributed by atoms with Crippen molar-refractivity contribution in [3.63, 3.8) is 0 Å². The van der Waals surface area contributed by atoms with Gasteiger partial charge in [0.05, 0.1) is 17.9 Å². The molecule has 0 bridgehead atoms. The van der Waals surface area contributed by atoms with E-state index in [9.17, 15) is 4.79 Å². The Hall–Kier alpha value is -1.88. The number of hydrogen-bond donors (Lipinski definition) is 0. The molecule has 0 amide bonds. The Kier molecular flexibility index (Phi) is 4.92. The summed E-state index contributed by atoms with van der Waals surface area (Å²) in [5, 5.41) is 0. The Morgan fingerprint density at radius 3 is 2.53 bits per heavy atom. The van der Waals surface area contributed by atoms with Crippen molar-refractivity contribution in [2.45, 2.75) is 17.6 Å². The number of benzene rings is 1. The molecule has 0 saturated heterocycles. The molecule has 1 aromatic carbocycles. The van der Waals surface area contributed by atoms with Crippen LogP contribution in [0.3, 0.4) is 0 Å². The van der Waals surface area contributed by atoms with Gasteiger partial charge in [0.15, 0.2) is 0 Å². The normalized spacial score (nSPS) is 10.2. The Balaban J connectivity index is 1.94. The Morgan fingerprint density at radius 2 is 1.89 bits per heavy atom. The number of carbonyl (C=O) groups is 1. The molecule has 0 unspecified atom stereocenters. The van der Waals surface area contributed by atoms with E-state index in [0.717, 1.165) is 0 Å². The maximum Gasteiger partial charge on any atom is 0.341 e. The summed E-state index contributed by atoms with van der Waals surface area (Å²) < 4.78 is 4.87. The van der Waals surface area contributed by atoms with Crippen molar-refractivity contribution in [3.05, 3.63) is 54.1 Å². The lowest BCUT2D eigenvalue weighted by atomic mass is 10.3. The van der Waals surface area contributed by atoms with E-state index in [2.05, 4.69) is 9.97 Å². The van der Waals surface area contributed by atoms with Crippen molar-refractivity contribution < 1.29 is 9.53 Å². The van der Waals surface area contributed by atoms with E-state index in [0.29, 0.717) is 23.7 Å². The van der Waals surface area contributed by atoms with Gasteiger partial charge in [-0.2, -0.15) is 0 Å². The van der Waals surface area contributed by atoms with Crippen LogP contribution in [-0.2, 0) is 10.5 Å². The van der Waals surface area contributed by atoms with E-state index < -0.39 is 0 Å². The number of nitrogens with zero attached hydrogens (tertiary/aromatic N) is 2. The van der Waals surface area contributed by atoms with Crippen molar-refractivity contribution in [1.29, 1.82) is 0 Å². The predicted molar refractivity (Wildman–Crippen MR) is 74.0 cm³/mol. The maximum atomic E-state index is 11.4. The first-order valence-electron chi connectivity index (χ1n) is 5.95. The first-order valence-corrected chi connectivity index (χ1v) is 6.94. The van der Waals surface area contributed by atoms with Gasteiger partial charge in [-0.3, -0.25) is 0 Å². The molecular weight excluding hydrogens is 260 g/mol. The fraction of sp³-hybridized carbons (Fsp3) is 0.214. The van der Waals surface area contributed by atoms with Crippen LogP contribution in [0.25, 0.3) is 0 Å². The number of aromatic nitrogens is 2. The van der Waals surface area contributed by atoms with Gasteiger partial charge in [-0.1, -0.05) is 18.2 Å². The quantitative estimate of drug-likeness (QED) is 0.620. The summed E-state index contributed by atoms with van der Waals surface area (Å²) in [4.78, 5) is 20.9. The average molecular weight is 274 g/mol. The van der Waals surface area contributed by atoms with Crippen LogP contribution in [0.15, 0.2) is 47.6 Å². The summed E-state index contributed by atoms with van der Waals surface area (Å²) in [5.41, 5.74) is 0.385. The van der Waals surface area contributed by atoms with E-state index in [4.69, 9.17) is 4.74 Å². The third-order valence-corrected chi connectivity index (χ3v) is 3.34. The van der Waals surface area contributed by atoms with Gasteiger partial charge in [0.25, 0.3) is 0 Å². The topological polar surface area (TPSA) is 52.1 Å². The second-order valence-corrected chi connectivity index (χ2v) is 4.76. The summed E-state index contributed by atoms with van der Waals surface area (Å²) >= 11 is 1.66. The molecule has 0 spiro atoms. The molecule has 0 aliphatic rings. The molecule has 2 aromatic rings. The Morgan fingerprint density at radius 1 is 1.21 bits per heavy atom. The van der Waals surface area contributed by atoms with Gasteiger partial charge in [-0.15, -0.1) is 11.8 Å². The lowest BCUT2D eigenvalue weighted by Crippen LogP contribution is -2.06. The van der Waals surface area contributed by atoms with E-state index in [-0.39, 0.29) is 5.97 Å². The Bertz CT molecular complexity index is 529. The minimum absolute atomic E-state index is 0.352. The number of hydrogen-bond acceptors (Lipinski definition) is 5. The number of thioether (sulfide) groups is 1. The van der Waals surface area contributed by atoms with Crippen LogP contribution in [0.1, 0.15) is 23.1 Å². The van der Waals surface area contributed by atoms with Gasteiger partial charge in [0, 0.05) is 17.3 Å². The van der Waals surface area contributed by atoms with Crippen molar-refractivity contribution in [2.75, 3.05) is 6.61 Å². The number of rotatable bonds is 5. The molecule has 98 valence electrons. The minimum atomic E-state index is -0.384. The highest BCUT2D eigenvalue weighted by molar-refractivity contribution is 7.98. The molecule has 4 nitrogen and oxygen atoms in total. The number of esters is 1. The lowest BCUT2D eigenvalue weighted by Gasteiger charge is -2.03. The molecule has 0 atom stereocenters. The zero-order valence-electron chi connectivity index (χ0n) is 10.6. The number of ether oxygens (including phenoxy) is 1. The first-order chi connectivity index (χ1) is 9.29. The third-order valence-electron chi connectivity index (χ3n) is 2.33. The minimum Gasteiger partial charge on any atom is -0.462 e. The van der Waals surface area contributed by atoms with E-state index >= 15 is 0 Å². The van der Waals surface area contributed by atoms with E-state index in [1.54, 1.807) is 18.7 Å². The SMILES string of the molecule is CCOC(=O)c1cnc(CSc2ccccc2)nc1. The smallest absolute Gasteiger partial charge is 0.341 e. The molecule has 19 heavy (non-hydrogen) atoms. The summed E-state index contributed by atoms with van der Waals surface area (Å²) in [6.07, 6.45) is 3.01. The standard InChI is InChI=1S/C14H14N2O2S/c1-2-18-14(17)11-8-15-13(16-9-11)10-19-12-6-4-3-5-7-12/h3-9H,2,10H2,1H3. The van der Waals surface area contributed by atoms with Gasteiger partial charge in [0.2, 0.25) is 0 Å². The van der Waals surface area contributed by atoms with Crippen molar-refractivity contribution in [3.8, 4) is 0 Å².